The predicted molar refractivity (Wildman–Crippen MR) is 31.0 cm³/mol. The molecule has 2 radical (unpaired) electrons. The van der Waals surface area contributed by atoms with Crippen molar-refractivity contribution < 1.29 is 14.3 Å². The number of rotatable bonds is 4. The molecule has 5 heteroatoms. The minimum Gasteiger partial charge on any atom is -0.457 e. The summed E-state index contributed by atoms with van der Waals surface area (Å²) in [5.74, 6) is 0. The molecule has 0 saturated carbocycles. The summed E-state index contributed by atoms with van der Waals surface area (Å²) >= 11 is 0. The lowest BCUT2D eigenvalue weighted by Gasteiger charge is -2.00. The van der Waals surface area contributed by atoms with Gasteiger partial charge in [-0.3, -0.25) is 0 Å². The van der Waals surface area contributed by atoms with E-state index in [0.717, 1.165) is 0 Å². The molecule has 0 fully saturated rings. The van der Waals surface area contributed by atoms with Crippen molar-refractivity contribution in [3.8, 4) is 0 Å². The lowest BCUT2D eigenvalue weighted by molar-refractivity contribution is 0.221. The zero-order valence-electron chi connectivity index (χ0n) is 4.41. The van der Waals surface area contributed by atoms with Crippen molar-refractivity contribution in [2.75, 3.05) is 6.61 Å². The molecule has 0 aliphatic heterocycles. The van der Waals surface area contributed by atoms with Crippen LogP contribution < -0.4 is 0 Å². The van der Waals surface area contributed by atoms with Crippen LogP contribution in [0.3, 0.4) is 0 Å². The van der Waals surface area contributed by atoms with Gasteiger partial charge in [0.05, 0.1) is 6.61 Å². The molecule has 0 aliphatic rings. The molecular formula is C3H6B2O3. The van der Waals surface area contributed by atoms with Crippen LogP contribution in [0.4, 0.5) is 0 Å². The zero-order chi connectivity index (χ0) is 6.41. The Kier molecular flexibility index (Phi) is 4.74. The second kappa shape index (κ2) is 4.90. The van der Waals surface area contributed by atoms with Crippen LogP contribution in [0.15, 0.2) is 12.7 Å². The summed E-state index contributed by atoms with van der Waals surface area (Å²) in [6.45, 7) is 3.56. The molecule has 1 N–H and O–H groups in total. The van der Waals surface area contributed by atoms with Gasteiger partial charge in [0.1, 0.15) is 0 Å². The van der Waals surface area contributed by atoms with Gasteiger partial charge in [-0.2, -0.15) is 0 Å². The second-order valence-corrected chi connectivity index (χ2v) is 1.07. The largest absolute Gasteiger partial charge is 0.620 e. The van der Waals surface area contributed by atoms with Gasteiger partial charge in [-0.25, -0.2) is 0 Å². The molecule has 42 valence electrons. The Balaban J connectivity index is 2.97. The van der Waals surface area contributed by atoms with Crippen molar-refractivity contribution in [1.82, 2.24) is 0 Å². The third-order valence-electron chi connectivity index (χ3n) is 0.473. The van der Waals surface area contributed by atoms with E-state index in [1.165, 1.54) is 6.08 Å². The molecule has 0 unspecified atom stereocenters. The molecule has 0 aromatic heterocycles. The summed E-state index contributed by atoms with van der Waals surface area (Å²) in [6, 6.07) is 0. The number of hydrogen-bond acceptors (Lipinski definition) is 3. The van der Waals surface area contributed by atoms with E-state index in [1.54, 1.807) is 0 Å². The summed E-state index contributed by atoms with van der Waals surface area (Å²) < 4.78 is 8.27. The van der Waals surface area contributed by atoms with E-state index in [1.807, 2.05) is 0 Å². The first-order valence-corrected chi connectivity index (χ1v) is 2.07. The molecule has 3 nitrogen and oxygen atoms in total. The predicted octanol–water partition coefficient (Wildman–Crippen LogP) is -0.734. The van der Waals surface area contributed by atoms with Crippen LogP contribution >= 0.6 is 0 Å². The van der Waals surface area contributed by atoms with Crippen molar-refractivity contribution >= 4 is 15.4 Å². The molecule has 0 aliphatic carbocycles. The standard InChI is InChI=1S/C3H6B2O3/c1-2-3-7-5(6)8-4/h2,6H,1,3H2. The lowest BCUT2D eigenvalue weighted by Crippen LogP contribution is -2.20. The first-order valence-electron chi connectivity index (χ1n) is 2.07. The molecule has 0 spiro atoms. The van der Waals surface area contributed by atoms with Crippen LogP contribution in [0.2, 0.25) is 0 Å². The smallest absolute Gasteiger partial charge is 0.457 e. The van der Waals surface area contributed by atoms with Crippen molar-refractivity contribution in [3.05, 3.63) is 12.7 Å². The highest BCUT2D eigenvalue weighted by Gasteiger charge is 2.08. The zero-order valence-corrected chi connectivity index (χ0v) is 4.41. The molecular weight excluding hydrogens is 106 g/mol. The summed E-state index contributed by atoms with van der Waals surface area (Å²) in [7, 11) is 3.16. The van der Waals surface area contributed by atoms with Gasteiger partial charge in [0, 0.05) is 0 Å². The monoisotopic (exact) mass is 112 g/mol. The maximum atomic E-state index is 8.37. The molecule has 0 heterocycles. The van der Waals surface area contributed by atoms with Gasteiger partial charge in [0.15, 0.2) is 0 Å². The third-order valence-corrected chi connectivity index (χ3v) is 0.473. The van der Waals surface area contributed by atoms with Gasteiger partial charge >= 0.3 is 7.32 Å². The van der Waals surface area contributed by atoms with Crippen molar-refractivity contribution in [1.29, 1.82) is 0 Å². The Morgan fingerprint density at radius 3 is 2.88 bits per heavy atom. The van der Waals surface area contributed by atoms with Gasteiger partial charge in [-0.1, -0.05) is 6.08 Å². The van der Waals surface area contributed by atoms with E-state index in [2.05, 4.69) is 23.9 Å². The molecule has 0 rings (SSSR count). The van der Waals surface area contributed by atoms with E-state index in [0.29, 0.717) is 0 Å². The Morgan fingerprint density at radius 2 is 2.50 bits per heavy atom. The molecule has 0 aromatic rings. The van der Waals surface area contributed by atoms with Gasteiger partial charge in [0.2, 0.25) is 0 Å². The summed E-state index contributed by atoms with van der Waals surface area (Å²) in [6.07, 6.45) is 1.47. The first kappa shape index (κ1) is 7.75. The highest BCUT2D eigenvalue weighted by Crippen LogP contribution is 1.79. The second-order valence-electron chi connectivity index (χ2n) is 1.07. The fraction of sp³-hybridized carbons (Fsp3) is 0.333. The van der Waals surface area contributed by atoms with Crippen molar-refractivity contribution in [2.45, 2.75) is 0 Å². The Labute approximate surface area is 49.9 Å². The number of hydrogen-bond donors (Lipinski definition) is 1. The Bertz CT molecular complexity index is 67.5. The van der Waals surface area contributed by atoms with Crippen LogP contribution in [0.1, 0.15) is 0 Å². The van der Waals surface area contributed by atoms with Crippen LogP contribution in [0.25, 0.3) is 0 Å². The van der Waals surface area contributed by atoms with Crippen LogP contribution in [-0.2, 0) is 9.23 Å². The molecule has 0 amide bonds. The average Bonchev–Trinajstić information content (AvgIpc) is 1.83. The normalized spacial score (nSPS) is 8.62. The fourth-order valence-electron chi connectivity index (χ4n) is 0.190. The maximum Gasteiger partial charge on any atom is 0.620 e. The van der Waals surface area contributed by atoms with Crippen molar-refractivity contribution in [2.24, 2.45) is 0 Å². The Morgan fingerprint density at radius 1 is 1.88 bits per heavy atom. The first-order chi connectivity index (χ1) is 3.81. The van der Waals surface area contributed by atoms with Gasteiger partial charge in [-0.15, -0.1) is 6.58 Å². The van der Waals surface area contributed by atoms with Crippen LogP contribution in [-0.4, -0.2) is 27.0 Å². The minimum absolute atomic E-state index is 0.221. The van der Waals surface area contributed by atoms with E-state index in [4.69, 9.17) is 5.02 Å². The third kappa shape index (κ3) is 3.92. The van der Waals surface area contributed by atoms with E-state index in [9.17, 15) is 0 Å². The van der Waals surface area contributed by atoms with E-state index < -0.39 is 7.32 Å². The highest BCUT2D eigenvalue weighted by atomic mass is 16.7. The van der Waals surface area contributed by atoms with E-state index >= 15 is 0 Å². The minimum atomic E-state index is -1.34. The maximum absolute atomic E-state index is 8.37. The topological polar surface area (TPSA) is 38.7 Å². The van der Waals surface area contributed by atoms with E-state index in [-0.39, 0.29) is 6.61 Å². The summed E-state index contributed by atoms with van der Waals surface area (Å²) in [4.78, 5) is 0. The van der Waals surface area contributed by atoms with Gasteiger partial charge in [0.25, 0.3) is 8.05 Å². The molecule has 0 saturated heterocycles. The van der Waals surface area contributed by atoms with Crippen molar-refractivity contribution in [3.63, 3.8) is 0 Å². The SMILES string of the molecule is [B]OB(O)OCC=C. The average molecular weight is 112 g/mol. The molecule has 8 heavy (non-hydrogen) atoms. The lowest BCUT2D eigenvalue weighted by atomic mass is 10.2. The molecule has 0 atom stereocenters. The molecule has 0 aromatic carbocycles. The van der Waals surface area contributed by atoms with Crippen LogP contribution in [0, 0.1) is 0 Å². The van der Waals surface area contributed by atoms with Crippen LogP contribution in [0.5, 0.6) is 0 Å². The quantitative estimate of drug-likeness (QED) is 0.384. The summed E-state index contributed by atoms with van der Waals surface area (Å²) in [5, 5.41) is 8.37. The fourth-order valence-corrected chi connectivity index (χ4v) is 0.190. The summed E-state index contributed by atoms with van der Waals surface area (Å²) in [5.41, 5.74) is 0. The highest BCUT2D eigenvalue weighted by molar-refractivity contribution is 6.40. The van der Waals surface area contributed by atoms with Gasteiger partial charge < -0.3 is 14.3 Å². The molecule has 0 bridgehead atoms. The van der Waals surface area contributed by atoms with Gasteiger partial charge in [-0.05, 0) is 0 Å². The Hall–Kier alpha value is -0.250.